The second-order valence-corrected chi connectivity index (χ2v) is 10.00. The van der Waals surface area contributed by atoms with Gasteiger partial charge in [-0.1, -0.05) is 24.3 Å². The standard InChI is InChI=1S/C23H21BN3O10P/c28-17-8-9-25-11-16(17)21(29)27-19(12-4-6-14(7-5-12)38(34,35)36)22(30)26-18-10-13-2-1-3-15(23(31)32)20(13)37-24(18)33/h1-9,11,18-19,33H,10H2,(H,25,28)(H,26,30)(H,27,29)(H,31,32)(H2,34,35,36). The zero-order valence-electron chi connectivity index (χ0n) is 19.4. The van der Waals surface area contributed by atoms with E-state index >= 15 is 0 Å². The van der Waals surface area contributed by atoms with Crippen molar-refractivity contribution in [2.45, 2.75) is 18.4 Å². The predicted octanol–water partition coefficient (Wildman–Crippen LogP) is -0.513. The first-order chi connectivity index (χ1) is 18.0. The summed E-state index contributed by atoms with van der Waals surface area (Å²) in [5.74, 6) is -4.07. The molecule has 0 fully saturated rings. The molecular formula is C23H21BN3O10P. The van der Waals surface area contributed by atoms with Gasteiger partial charge in [-0.05, 0) is 35.7 Å². The quantitative estimate of drug-likeness (QED) is 0.150. The van der Waals surface area contributed by atoms with Gasteiger partial charge in [-0.2, -0.15) is 0 Å². The molecule has 196 valence electrons. The van der Waals surface area contributed by atoms with Gasteiger partial charge in [-0.3, -0.25) is 18.9 Å². The molecule has 2 atom stereocenters. The zero-order valence-corrected chi connectivity index (χ0v) is 20.3. The maximum Gasteiger partial charge on any atom is 0.547 e. The first kappa shape index (κ1) is 26.8. The highest BCUT2D eigenvalue weighted by molar-refractivity contribution is 7.60. The van der Waals surface area contributed by atoms with Crippen LogP contribution in [0.15, 0.2) is 65.7 Å². The Labute approximate surface area is 214 Å². The van der Waals surface area contributed by atoms with E-state index in [0.717, 1.165) is 24.4 Å². The Morgan fingerprint density at radius 3 is 2.42 bits per heavy atom. The van der Waals surface area contributed by atoms with E-state index in [1.165, 1.54) is 30.5 Å². The smallest absolute Gasteiger partial charge is 0.534 e. The van der Waals surface area contributed by atoms with E-state index in [2.05, 4.69) is 15.6 Å². The summed E-state index contributed by atoms with van der Waals surface area (Å²) < 4.78 is 16.9. The normalized spacial score (nSPS) is 15.6. The lowest BCUT2D eigenvalue weighted by atomic mass is 9.72. The summed E-state index contributed by atoms with van der Waals surface area (Å²) in [4.78, 5) is 71.1. The Kier molecular flexibility index (Phi) is 7.51. The highest BCUT2D eigenvalue weighted by Crippen LogP contribution is 2.33. The van der Waals surface area contributed by atoms with Crippen molar-refractivity contribution in [3.63, 3.8) is 0 Å². The third-order valence-corrected chi connectivity index (χ3v) is 6.82. The lowest BCUT2D eigenvalue weighted by Crippen LogP contribution is -2.55. The Morgan fingerprint density at radius 1 is 1.08 bits per heavy atom. The maximum atomic E-state index is 13.4. The van der Waals surface area contributed by atoms with Gasteiger partial charge in [0.2, 0.25) is 5.91 Å². The number of aromatic carboxylic acids is 1. The monoisotopic (exact) mass is 541 g/mol. The number of carbonyl (C=O) groups excluding carboxylic acids is 2. The molecule has 2 aromatic carbocycles. The van der Waals surface area contributed by atoms with Gasteiger partial charge in [0.05, 0.1) is 16.8 Å². The van der Waals surface area contributed by atoms with Crippen LogP contribution in [-0.4, -0.2) is 55.7 Å². The summed E-state index contributed by atoms with van der Waals surface area (Å²) >= 11 is 0. The molecule has 4 rings (SSSR count). The molecule has 1 aliphatic heterocycles. The van der Waals surface area contributed by atoms with Crippen LogP contribution in [0.1, 0.15) is 37.9 Å². The first-order valence-electron chi connectivity index (χ1n) is 11.1. The first-order valence-corrected chi connectivity index (χ1v) is 12.7. The van der Waals surface area contributed by atoms with Crippen LogP contribution in [0, 0.1) is 0 Å². The fourth-order valence-corrected chi connectivity index (χ4v) is 4.48. The van der Waals surface area contributed by atoms with Gasteiger partial charge in [0, 0.05) is 18.5 Å². The van der Waals surface area contributed by atoms with Gasteiger partial charge in [0.25, 0.3) is 5.91 Å². The summed E-state index contributed by atoms with van der Waals surface area (Å²) in [6.45, 7) is 0. The van der Waals surface area contributed by atoms with Crippen LogP contribution in [0.2, 0.25) is 0 Å². The van der Waals surface area contributed by atoms with E-state index in [4.69, 9.17) is 4.65 Å². The van der Waals surface area contributed by atoms with Gasteiger partial charge >= 0.3 is 20.7 Å². The van der Waals surface area contributed by atoms with Crippen molar-refractivity contribution >= 4 is 37.8 Å². The number of benzene rings is 2. The Morgan fingerprint density at radius 2 is 1.79 bits per heavy atom. The number of aromatic nitrogens is 1. The van der Waals surface area contributed by atoms with E-state index in [-0.39, 0.29) is 34.2 Å². The number of carboxylic acids is 1. The summed E-state index contributed by atoms with van der Waals surface area (Å²) in [5, 5.41) is 24.5. The molecule has 0 saturated heterocycles. The summed E-state index contributed by atoms with van der Waals surface area (Å²) in [6, 6.07) is 8.71. The molecule has 1 aliphatic rings. The highest BCUT2D eigenvalue weighted by atomic mass is 31.2. The number of nitrogens with one attached hydrogen (secondary N) is 3. The molecule has 7 N–H and O–H groups in total. The number of carboxylic acid groups (broad SMARTS) is 1. The molecular weight excluding hydrogens is 520 g/mol. The van der Waals surface area contributed by atoms with E-state index in [9.17, 15) is 43.7 Å². The Hall–Kier alpha value is -4.23. The van der Waals surface area contributed by atoms with Crippen LogP contribution in [0.5, 0.6) is 5.75 Å². The molecule has 2 unspecified atom stereocenters. The topological polar surface area (TPSA) is 215 Å². The lowest BCUT2D eigenvalue weighted by molar-refractivity contribution is -0.123. The van der Waals surface area contributed by atoms with Gasteiger partial charge in [0.15, 0.2) is 5.43 Å². The molecule has 0 spiro atoms. The van der Waals surface area contributed by atoms with Crippen molar-refractivity contribution in [2.24, 2.45) is 0 Å². The minimum absolute atomic E-state index is 0.000472. The lowest BCUT2D eigenvalue weighted by Gasteiger charge is -2.30. The maximum absolute atomic E-state index is 13.4. The number of hydrogen-bond acceptors (Lipinski definition) is 7. The molecule has 3 aromatic rings. The van der Waals surface area contributed by atoms with Crippen molar-refractivity contribution in [3.05, 3.63) is 93.4 Å². The number of fused-ring (bicyclic) bond motifs is 1. The number of para-hydroxylation sites is 1. The number of aromatic amines is 1. The number of rotatable bonds is 7. The largest absolute Gasteiger partial charge is 0.547 e. The number of pyridine rings is 1. The molecule has 2 amide bonds. The van der Waals surface area contributed by atoms with Crippen LogP contribution >= 0.6 is 7.60 Å². The minimum atomic E-state index is -4.58. The van der Waals surface area contributed by atoms with Crippen molar-refractivity contribution in [1.82, 2.24) is 15.6 Å². The van der Waals surface area contributed by atoms with Crippen molar-refractivity contribution < 1.29 is 43.5 Å². The van der Waals surface area contributed by atoms with E-state index in [0.29, 0.717) is 5.56 Å². The van der Waals surface area contributed by atoms with E-state index in [1.54, 1.807) is 6.07 Å². The third-order valence-electron chi connectivity index (χ3n) is 5.85. The van der Waals surface area contributed by atoms with Gasteiger partial charge < -0.3 is 40.2 Å². The average Bonchev–Trinajstić information content (AvgIpc) is 2.87. The van der Waals surface area contributed by atoms with E-state index < -0.39 is 49.9 Å². The fourth-order valence-electron chi connectivity index (χ4n) is 3.95. The van der Waals surface area contributed by atoms with Crippen molar-refractivity contribution in [2.75, 3.05) is 0 Å². The molecule has 13 nitrogen and oxygen atoms in total. The SMILES string of the molecule is O=C(O)c1cccc2c1OB(O)C(NC(=O)C(NC(=O)c1c[nH]ccc1=O)c1ccc(P(=O)(O)O)cc1)C2. The van der Waals surface area contributed by atoms with Crippen LogP contribution in [0.3, 0.4) is 0 Å². The summed E-state index contributed by atoms with van der Waals surface area (Å²) in [7, 11) is -6.21. The summed E-state index contributed by atoms with van der Waals surface area (Å²) in [6.07, 6.45) is 2.47. The number of amides is 2. The fraction of sp³-hybridized carbons (Fsp3) is 0.130. The van der Waals surface area contributed by atoms with Crippen LogP contribution in [-0.2, 0) is 15.8 Å². The van der Waals surface area contributed by atoms with Crippen molar-refractivity contribution in [1.29, 1.82) is 0 Å². The van der Waals surface area contributed by atoms with Gasteiger partial charge in [0.1, 0.15) is 17.4 Å². The Balaban J connectivity index is 1.62. The molecule has 0 aliphatic carbocycles. The second-order valence-electron chi connectivity index (χ2n) is 8.39. The highest BCUT2D eigenvalue weighted by Gasteiger charge is 2.39. The van der Waals surface area contributed by atoms with Crippen LogP contribution < -0.4 is 26.0 Å². The van der Waals surface area contributed by atoms with Gasteiger partial charge in [-0.25, -0.2) is 4.79 Å². The average molecular weight is 541 g/mol. The second kappa shape index (κ2) is 10.6. The molecule has 0 saturated carbocycles. The molecule has 2 heterocycles. The number of hydrogen-bond donors (Lipinski definition) is 7. The molecule has 15 heteroatoms. The molecule has 38 heavy (non-hydrogen) atoms. The van der Waals surface area contributed by atoms with Crippen LogP contribution in [0.4, 0.5) is 0 Å². The molecule has 0 radical (unpaired) electrons. The zero-order chi connectivity index (χ0) is 27.6. The number of H-pyrrole nitrogens is 1. The van der Waals surface area contributed by atoms with Crippen molar-refractivity contribution in [3.8, 4) is 5.75 Å². The molecule has 1 aromatic heterocycles. The Bertz CT molecular complexity index is 1500. The van der Waals surface area contributed by atoms with E-state index in [1.807, 2.05) is 0 Å². The predicted molar refractivity (Wildman–Crippen MR) is 133 cm³/mol. The minimum Gasteiger partial charge on any atom is -0.534 e. The molecule has 0 bridgehead atoms. The van der Waals surface area contributed by atoms with Crippen LogP contribution in [0.25, 0.3) is 0 Å². The summed E-state index contributed by atoms with van der Waals surface area (Å²) in [5.41, 5.74) is -0.509. The third kappa shape index (κ3) is 5.68. The van der Waals surface area contributed by atoms with Gasteiger partial charge in [-0.15, -0.1) is 0 Å². The number of carbonyl (C=O) groups is 3.